The first-order valence-electron chi connectivity index (χ1n) is 4.80. The van der Waals surface area contributed by atoms with E-state index in [1.54, 1.807) is 12.1 Å². The number of hydrogen-bond donors (Lipinski definition) is 2. The molecule has 0 aromatic carbocycles. The van der Waals surface area contributed by atoms with Gasteiger partial charge in [0.15, 0.2) is 0 Å². The van der Waals surface area contributed by atoms with Crippen LogP contribution in [0.25, 0.3) is 12.2 Å². The molecule has 2 aromatic rings. The highest BCUT2D eigenvalue weighted by molar-refractivity contribution is 7.10. The molecule has 0 fully saturated rings. The van der Waals surface area contributed by atoms with Crippen LogP contribution in [-0.4, -0.2) is 14.9 Å². The van der Waals surface area contributed by atoms with Crippen LogP contribution in [-0.2, 0) is 0 Å². The molecule has 2 N–H and O–H groups in total. The van der Waals surface area contributed by atoms with Crippen molar-refractivity contribution in [2.24, 2.45) is 0 Å². The minimum Gasteiger partial charge on any atom is -0.301 e. The SMILES string of the molecule is O=c1[nH]c(/C=C\c2cccs2)c([N+](=O)[O-])c(=O)[nH]1. The molecule has 2 aromatic heterocycles. The first kappa shape index (κ1) is 12.0. The third-order valence-electron chi connectivity index (χ3n) is 2.09. The standard InChI is InChI=1S/C10H7N3O4S/c14-9-8(13(16)17)7(11-10(15)12-9)4-3-6-2-1-5-18-6/h1-5H,(H2,11,12,14,15)/b4-3-. The molecule has 92 valence electrons. The van der Waals surface area contributed by atoms with E-state index >= 15 is 0 Å². The van der Waals surface area contributed by atoms with Gasteiger partial charge in [-0.3, -0.25) is 19.9 Å². The molecule has 0 spiro atoms. The highest BCUT2D eigenvalue weighted by Crippen LogP contribution is 2.15. The Labute approximate surface area is 104 Å². The van der Waals surface area contributed by atoms with Crippen LogP contribution in [0.3, 0.4) is 0 Å². The zero-order chi connectivity index (χ0) is 13.1. The fourth-order valence-electron chi connectivity index (χ4n) is 1.35. The topological polar surface area (TPSA) is 109 Å². The van der Waals surface area contributed by atoms with Gasteiger partial charge >= 0.3 is 16.9 Å². The molecule has 0 radical (unpaired) electrons. The second-order valence-corrected chi connectivity index (χ2v) is 4.26. The number of aromatic nitrogens is 2. The molecule has 0 aliphatic heterocycles. The molecular formula is C10H7N3O4S. The van der Waals surface area contributed by atoms with Crippen molar-refractivity contribution < 1.29 is 4.92 Å². The van der Waals surface area contributed by atoms with Crippen LogP contribution in [0.2, 0.25) is 0 Å². The second-order valence-electron chi connectivity index (χ2n) is 3.28. The fraction of sp³-hybridized carbons (Fsp3) is 0. The van der Waals surface area contributed by atoms with E-state index in [1.807, 2.05) is 16.4 Å². The quantitative estimate of drug-likeness (QED) is 0.642. The lowest BCUT2D eigenvalue weighted by Crippen LogP contribution is -2.25. The number of H-pyrrole nitrogens is 2. The number of thiophene rings is 1. The van der Waals surface area contributed by atoms with Crippen molar-refractivity contribution >= 4 is 29.2 Å². The minimum absolute atomic E-state index is 0.123. The zero-order valence-corrected chi connectivity index (χ0v) is 9.69. The van der Waals surface area contributed by atoms with Gasteiger partial charge in [-0.05, 0) is 23.6 Å². The number of rotatable bonds is 3. The Morgan fingerprint density at radius 2 is 2.06 bits per heavy atom. The summed E-state index contributed by atoms with van der Waals surface area (Å²) in [6, 6.07) is 3.62. The lowest BCUT2D eigenvalue weighted by Gasteiger charge is -1.95. The molecule has 0 atom stereocenters. The maximum Gasteiger partial charge on any atom is 0.357 e. The van der Waals surface area contributed by atoms with Crippen molar-refractivity contribution in [3.05, 3.63) is 59.0 Å². The van der Waals surface area contributed by atoms with Crippen LogP contribution >= 0.6 is 11.3 Å². The largest absolute Gasteiger partial charge is 0.357 e. The molecule has 2 heterocycles. The van der Waals surface area contributed by atoms with E-state index < -0.39 is 21.9 Å². The third-order valence-corrected chi connectivity index (χ3v) is 2.92. The molecule has 18 heavy (non-hydrogen) atoms. The minimum atomic E-state index is -1.02. The Morgan fingerprint density at radius 1 is 1.28 bits per heavy atom. The molecule has 0 saturated heterocycles. The fourth-order valence-corrected chi connectivity index (χ4v) is 1.97. The van der Waals surface area contributed by atoms with Crippen molar-refractivity contribution in [3.63, 3.8) is 0 Å². The summed E-state index contributed by atoms with van der Waals surface area (Å²) in [6.45, 7) is 0. The van der Waals surface area contributed by atoms with Crippen LogP contribution in [0.5, 0.6) is 0 Å². The number of nitro groups is 1. The van der Waals surface area contributed by atoms with E-state index in [4.69, 9.17) is 0 Å². The second kappa shape index (κ2) is 4.80. The van der Waals surface area contributed by atoms with E-state index in [0.29, 0.717) is 0 Å². The highest BCUT2D eigenvalue weighted by atomic mass is 32.1. The summed E-state index contributed by atoms with van der Waals surface area (Å²) in [5.41, 5.74) is -2.60. The van der Waals surface area contributed by atoms with Gasteiger partial charge in [-0.1, -0.05) is 6.07 Å². The van der Waals surface area contributed by atoms with Gasteiger partial charge in [-0.15, -0.1) is 11.3 Å². The van der Waals surface area contributed by atoms with E-state index in [1.165, 1.54) is 17.4 Å². The van der Waals surface area contributed by atoms with Gasteiger partial charge in [0.1, 0.15) is 5.69 Å². The van der Waals surface area contributed by atoms with Gasteiger partial charge in [0, 0.05) is 4.88 Å². The molecule has 8 heteroatoms. The highest BCUT2D eigenvalue weighted by Gasteiger charge is 2.18. The van der Waals surface area contributed by atoms with Crippen molar-refractivity contribution in [2.75, 3.05) is 0 Å². The summed E-state index contributed by atoms with van der Waals surface area (Å²) >= 11 is 1.43. The van der Waals surface area contributed by atoms with Gasteiger partial charge in [-0.2, -0.15) is 0 Å². The van der Waals surface area contributed by atoms with Gasteiger partial charge < -0.3 is 4.98 Å². The average Bonchev–Trinajstić information content (AvgIpc) is 2.77. The molecule has 7 nitrogen and oxygen atoms in total. The molecule has 0 aliphatic carbocycles. The Balaban J connectivity index is 2.53. The predicted octanol–water partition coefficient (Wildman–Crippen LogP) is 1.20. The van der Waals surface area contributed by atoms with Crippen molar-refractivity contribution in [2.45, 2.75) is 0 Å². The third kappa shape index (κ3) is 2.43. The van der Waals surface area contributed by atoms with Gasteiger partial charge in [-0.25, -0.2) is 4.79 Å². The zero-order valence-electron chi connectivity index (χ0n) is 8.88. The Morgan fingerprint density at radius 3 is 2.67 bits per heavy atom. The number of aromatic amines is 2. The average molecular weight is 265 g/mol. The molecule has 0 amide bonds. The Bertz CT molecular complexity index is 711. The lowest BCUT2D eigenvalue weighted by molar-refractivity contribution is -0.386. The summed E-state index contributed by atoms with van der Waals surface area (Å²) in [4.78, 5) is 37.2. The first-order chi connectivity index (χ1) is 8.58. The predicted molar refractivity (Wildman–Crippen MR) is 67.6 cm³/mol. The van der Waals surface area contributed by atoms with E-state index in [-0.39, 0.29) is 5.69 Å². The maximum atomic E-state index is 11.3. The molecular weight excluding hydrogens is 258 g/mol. The van der Waals surface area contributed by atoms with Crippen molar-refractivity contribution in [1.82, 2.24) is 9.97 Å². The lowest BCUT2D eigenvalue weighted by atomic mass is 10.3. The monoisotopic (exact) mass is 265 g/mol. The van der Waals surface area contributed by atoms with Gasteiger partial charge in [0.05, 0.1) is 4.92 Å². The first-order valence-corrected chi connectivity index (χ1v) is 5.68. The summed E-state index contributed by atoms with van der Waals surface area (Å²) in [5, 5.41) is 12.6. The molecule has 0 aliphatic rings. The molecule has 2 rings (SSSR count). The van der Waals surface area contributed by atoms with Crippen LogP contribution in [0.4, 0.5) is 5.69 Å². The van der Waals surface area contributed by atoms with E-state index in [2.05, 4.69) is 4.98 Å². The molecule has 0 bridgehead atoms. The number of hydrogen-bond acceptors (Lipinski definition) is 5. The van der Waals surface area contributed by atoms with Crippen LogP contribution in [0.1, 0.15) is 10.6 Å². The summed E-state index contributed by atoms with van der Waals surface area (Å²) in [7, 11) is 0. The molecule has 0 saturated carbocycles. The van der Waals surface area contributed by atoms with E-state index in [0.717, 1.165) is 4.88 Å². The summed E-state index contributed by atoms with van der Waals surface area (Å²) < 4.78 is 0. The summed E-state index contributed by atoms with van der Waals surface area (Å²) in [6.07, 6.45) is 2.92. The number of nitrogens with zero attached hydrogens (tertiary/aromatic N) is 1. The Hall–Kier alpha value is -2.48. The van der Waals surface area contributed by atoms with Crippen molar-refractivity contribution in [3.8, 4) is 0 Å². The smallest absolute Gasteiger partial charge is 0.301 e. The normalized spacial score (nSPS) is 10.9. The van der Waals surface area contributed by atoms with E-state index in [9.17, 15) is 19.7 Å². The Kier molecular flexibility index (Phi) is 3.20. The summed E-state index contributed by atoms with van der Waals surface area (Å²) in [5.74, 6) is 0. The maximum absolute atomic E-state index is 11.3. The van der Waals surface area contributed by atoms with Crippen molar-refractivity contribution in [1.29, 1.82) is 0 Å². The van der Waals surface area contributed by atoms with Gasteiger partial charge in [0.2, 0.25) is 0 Å². The van der Waals surface area contributed by atoms with Gasteiger partial charge in [0.25, 0.3) is 0 Å². The molecule has 0 unspecified atom stereocenters. The van der Waals surface area contributed by atoms with Crippen LogP contribution in [0.15, 0.2) is 27.1 Å². The van der Waals surface area contributed by atoms with Crippen LogP contribution in [0, 0.1) is 10.1 Å². The van der Waals surface area contributed by atoms with Crippen LogP contribution < -0.4 is 11.2 Å². The number of nitrogens with one attached hydrogen (secondary N) is 2.